The molecule has 5 heteroatoms. The molecule has 18 heavy (non-hydrogen) atoms. The van der Waals surface area contributed by atoms with E-state index in [1.165, 1.54) is 6.07 Å². The van der Waals surface area contributed by atoms with Gasteiger partial charge in [-0.1, -0.05) is 24.6 Å². The normalized spacial score (nSPS) is 31.2. The highest BCUT2D eigenvalue weighted by Crippen LogP contribution is 2.81. The Labute approximate surface area is 110 Å². The van der Waals surface area contributed by atoms with Gasteiger partial charge >= 0.3 is 5.51 Å². The minimum Gasteiger partial charge on any atom is -0.160 e. The average molecular weight is 293 g/mol. The third kappa shape index (κ3) is 1.55. The first-order valence-electron chi connectivity index (χ1n) is 5.84. The fraction of sp³-hybridized carbons (Fsp3) is 0.385. The van der Waals surface area contributed by atoms with Crippen molar-refractivity contribution in [2.24, 2.45) is 5.92 Å². The molecule has 1 aromatic carbocycles. The molecule has 98 valence electrons. The lowest BCUT2D eigenvalue weighted by Crippen LogP contribution is -2.23. The van der Waals surface area contributed by atoms with Crippen LogP contribution < -0.4 is 0 Å². The maximum Gasteiger partial charge on any atom is 0.445 e. The van der Waals surface area contributed by atoms with E-state index in [4.69, 9.17) is 10.7 Å². The number of halogens is 4. The van der Waals surface area contributed by atoms with Crippen LogP contribution >= 0.6 is 19.9 Å². The van der Waals surface area contributed by atoms with E-state index in [1.54, 1.807) is 24.3 Å². The number of rotatable bonds is 1. The van der Waals surface area contributed by atoms with Gasteiger partial charge in [-0.3, -0.25) is 0 Å². The summed E-state index contributed by atoms with van der Waals surface area (Å²) in [6, 6.07) is 6.63. The van der Waals surface area contributed by atoms with E-state index in [1.807, 2.05) is 0 Å². The lowest BCUT2D eigenvalue weighted by Gasteiger charge is -2.40. The van der Waals surface area contributed by atoms with Crippen molar-refractivity contribution < 1.29 is 13.2 Å². The molecule has 1 aliphatic carbocycles. The van der Waals surface area contributed by atoms with Crippen LogP contribution in [0.2, 0.25) is 0 Å². The van der Waals surface area contributed by atoms with Gasteiger partial charge in [0.15, 0.2) is 0 Å². The highest BCUT2D eigenvalue weighted by Gasteiger charge is 2.57. The zero-order valence-corrected chi connectivity index (χ0v) is 11.1. The summed E-state index contributed by atoms with van der Waals surface area (Å²) in [5, 5.41) is 0. The van der Waals surface area contributed by atoms with Crippen LogP contribution in [0.3, 0.4) is 0 Å². The summed E-state index contributed by atoms with van der Waals surface area (Å²) in [4.78, 5) is 0.685. The fourth-order valence-corrected chi connectivity index (χ4v) is 5.92. The molecule has 1 saturated carbocycles. The summed E-state index contributed by atoms with van der Waals surface area (Å²) in [6.45, 7) is 0. The Hall–Kier alpha value is -0.610. The Balaban J connectivity index is 2.16. The summed E-state index contributed by atoms with van der Waals surface area (Å²) < 4.78 is 40.4. The van der Waals surface area contributed by atoms with E-state index >= 15 is 0 Å². The lowest BCUT2D eigenvalue weighted by molar-refractivity contribution is -0.0362. The van der Waals surface area contributed by atoms with Gasteiger partial charge in [0.25, 0.3) is 0 Å². The molecular formula is C13H12ClF3S. The van der Waals surface area contributed by atoms with Crippen molar-refractivity contribution in [1.82, 2.24) is 0 Å². The zero-order valence-electron chi connectivity index (χ0n) is 9.51. The Bertz CT molecular complexity index is 519. The first-order chi connectivity index (χ1) is 8.44. The Morgan fingerprint density at radius 2 is 1.83 bits per heavy atom. The topological polar surface area (TPSA) is 0 Å². The van der Waals surface area contributed by atoms with Gasteiger partial charge in [-0.25, -0.2) is 0 Å². The third-order valence-electron chi connectivity index (χ3n) is 3.67. The molecule has 0 N–H and O–H groups in total. The molecule has 1 unspecified atom stereocenters. The molecule has 1 fully saturated rings. The zero-order chi connectivity index (χ0) is 13.0. The summed E-state index contributed by atoms with van der Waals surface area (Å²) in [7, 11) is 2.79. The summed E-state index contributed by atoms with van der Waals surface area (Å²) >= 11 is 0. The van der Waals surface area contributed by atoms with Crippen molar-refractivity contribution >= 4 is 26.0 Å². The van der Waals surface area contributed by atoms with E-state index in [0.717, 1.165) is 19.3 Å². The van der Waals surface area contributed by atoms with Gasteiger partial charge in [-0.05, 0) is 61.3 Å². The SMILES string of the molecule is FC(F)(F)S1(Cl)C(C2CCC2)=Cc2ccccc21. The second-order valence-electron chi connectivity index (χ2n) is 4.70. The lowest BCUT2D eigenvalue weighted by atomic mass is 9.85. The molecule has 0 saturated heterocycles. The molecule has 2 aliphatic rings. The number of hydrogen-bond donors (Lipinski definition) is 0. The molecule has 0 aromatic heterocycles. The minimum absolute atomic E-state index is 0.0199. The number of fused-ring (bicyclic) bond motifs is 1. The molecule has 1 heterocycles. The molecule has 0 radical (unpaired) electrons. The molecule has 1 atom stereocenters. The van der Waals surface area contributed by atoms with Gasteiger partial charge in [-0.2, -0.15) is 13.2 Å². The quantitative estimate of drug-likeness (QED) is 0.625. The van der Waals surface area contributed by atoms with Crippen molar-refractivity contribution in [1.29, 1.82) is 0 Å². The Morgan fingerprint density at radius 1 is 1.17 bits per heavy atom. The molecule has 1 aliphatic heterocycles. The van der Waals surface area contributed by atoms with Crippen molar-refractivity contribution in [2.75, 3.05) is 0 Å². The van der Waals surface area contributed by atoms with Crippen LogP contribution in [0.4, 0.5) is 13.2 Å². The van der Waals surface area contributed by atoms with E-state index in [9.17, 15) is 13.2 Å². The van der Waals surface area contributed by atoms with Crippen LogP contribution in [0.5, 0.6) is 0 Å². The third-order valence-corrected chi connectivity index (χ3v) is 7.95. The highest BCUT2D eigenvalue weighted by molar-refractivity contribution is 8.54. The fourth-order valence-electron chi connectivity index (χ4n) is 2.52. The van der Waals surface area contributed by atoms with Crippen molar-refractivity contribution in [2.45, 2.75) is 29.7 Å². The number of alkyl halides is 3. The van der Waals surface area contributed by atoms with E-state index in [0.29, 0.717) is 10.5 Å². The predicted octanol–water partition coefficient (Wildman–Crippen LogP) is 5.68. The smallest absolute Gasteiger partial charge is 0.160 e. The standard InChI is InChI=1S/C13H12ClF3S/c14-18(13(15,16)17)11-7-2-1-4-10(11)8-12(18)9-5-3-6-9/h1-2,4,7-9H,3,5-6H2. The van der Waals surface area contributed by atoms with Crippen LogP contribution in [0.25, 0.3) is 6.08 Å². The van der Waals surface area contributed by atoms with Crippen LogP contribution in [-0.4, -0.2) is 5.51 Å². The van der Waals surface area contributed by atoms with Gasteiger partial charge in [0.1, 0.15) is 0 Å². The number of hydrogen-bond acceptors (Lipinski definition) is 0. The molecule has 0 bridgehead atoms. The van der Waals surface area contributed by atoms with Crippen molar-refractivity contribution in [3.8, 4) is 0 Å². The second-order valence-corrected chi connectivity index (χ2v) is 8.53. The monoisotopic (exact) mass is 292 g/mol. The highest BCUT2D eigenvalue weighted by atomic mass is 35.7. The largest absolute Gasteiger partial charge is 0.445 e. The van der Waals surface area contributed by atoms with Gasteiger partial charge in [-0.15, -0.1) is 0 Å². The van der Waals surface area contributed by atoms with Gasteiger partial charge < -0.3 is 0 Å². The van der Waals surface area contributed by atoms with E-state index in [2.05, 4.69) is 0 Å². The first-order valence-corrected chi connectivity index (χ1v) is 8.30. The molecule has 0 amide bonds. The molecular weight excluding hydrogens is 281 g/mol. The van der Waals surface area contributed by atoms with Crippen LogP contribution in [0, 0.1) is 5.92 Å². The van der Waals surface area contributed by atoms with Gasteiger partial charge in [0.2, 0.25) is 0 Å². The van der Waals surface area contributed by atoms with E-state index in [-0.39, 0.29) is 10.8 Å². The van der Waals surface area contributed by atoms with Gasteiger partial charge in [0.05, 0.1) is 0 Å². The van der Waals surface area contributed by atoms with Crippen molar-refractivity contribution in [3.05, 3.63) is 34.7 Å². The first kappa shape index (κ1) is 12.4. The van der Waals surface area contributed by atoms with Crippen LogP contribution in [-0.2, 0) is 0 Å². The number of allylic oxidation sites excluding steroid dienone is 1. The Morgan fingerprint density at radius 3 is 2.39 bits per heavy atom. The van der Waals surface area contributed by atoms with Crippen molar-refractivity contribution in [3.63, 3.8) is 0 Å². The number of benzene rings is 1. The summed E-state index contributed by atoms with van der Waals surface area (Å²) in [5.74, 6) is 0.0199. The minimum atomic E-state index is -4.37. The maximum absolute atomic E-state index is 13.5. The van der Waals surface area contributed by atoms with Gasteiger partial charge in [0, 0.05) is 4.90 Å². The second kappa shape index (κ2) is 3.94. The molecule has 0 nitrogen and oxygen atoms in total. The molecule has 3 rings (SSSR count). The summed E-state index contributed by atoms with van der Waals surface area (Å²) in [6.07, 6.45) is 4.34. The predicted molar refractivity (Wildman–Crippen MR) is 69.5 cm³/mol. The van der Waals surface area contributed by atoms with E-state index < -0.39 is 14.7 Å². The molecule has 1 aromatic rings. The Kier molecular flexibility index (Phi) is 2.72. The van der Waals surface area contributed by atoms with Crippen LogP contribution in [0.15, 0.2) is 34.1 Å². The maximum atomic E-state index is 13.5. The molecule has 0 spiro atoms. The van der Waals surface area contributed by atoms with Crippen LogP contribution in [0.1, 0.15) is 24.8 Å². The summed E-state index contributed by atoms with van der Waals surface area (Å²) in [5.41, 5.74) is -3.73. The average Bonchev–Trinajstić information content (AvgIpc) is 2.52.